The third-order valence-electron chi connectivity index (χ3n) is 2.74. The van der Waals surface area contributed by atoms with Crippen LogP contribution in [0.4, 0.5) is 17.6 Å². The Balaban J connectivity index is 2.18. The first-order valence-electron chi connectivity index (χ1n) is 4.99. The number of alkyl halides is 3. The summed E-state index contributed by atoms with van der Waals surface area (Å²) >= 11 is 0. The van der Waals surface area contributed by atoms with Gasteiger partial charge in [0.2, 0.25) is 0 Å². The highest BCUT2D eigenvalue weighted by Gasteiger charge is 2.51. The van der Waals surface area contributed by atoms with E-state index < -0.39 is 23.4 Å². The molecule has 2 nitrogen and oxygen atoms in total. The predicted molar refractivity (Wildman–Crippen MR) is 51.5 cm³/mol. The zero-order chi connectivity index (χ0) is 12.7. The van der Waals surface area contributed by atoms with E-state index in [1.54, 1.807) is 0 Å². The van der Waals surface area contributed by atoms with Crippen LogP contribution in [-0.4, -0.2) is 12.1 Å². The number of benzene rings is 1. The number of halogens is 4. The average Bonchev–Trinajstić information content (AvgIpc) is 2.97. The SMILES string of the molecule is O=C(NC1(c2cccc(F)c2)CC1)C(F)(F)F. The maximum Gasteiger partial charge on any atom is 0.471 e. The fourth-order valence-electron chi connectivity index (χ4n) is 1.69. The lowest BCUT2D eigenvalue weighted by Crippen LogP contribution is -2.43. The minimum Gasteiger partial charge on any atom is -0.339 e. The van der Waals surface area contributed by atoms with Gasteiger partial charge in [-0.3, -0.25) is 4.79 Å². The van der Waals surface area contributed by atoms with Crippen LogP contribution in [0.25, 0.3) is 0 Å². The zero-order valence-corrected chi connectivity index (χ0v) is 8.64. The van der Waals surface area contributed by atoms with Gasteiger partial charge in [-0.1, -0.05) is 12.1 Å². The van der Waals surface area contributed by atoms with Gasteiger partial charge < -0.3 is 5.32 Å². The van der Waals surface area contributed by atoms with E-state index in [1.165, 1.54) is 18.2 Å². The standard InChI is InChI=1S/C11H9F4NO/c12-8-3-1-2-7(6-8)10(4-5-10)16-9(17)11(13,14)15/h1-3,6H,4-5H2,(H,16,17). The monoisotopic (exact) mass is 247 g/mol. The highest BCUT2D eigenvalue weighted by atomic mass is 19.4. The van der Waals surface area contributed by atoms with Gasteiger partial charge in [0.25, 0.3) is 0 Å². The van der Waals surface area contributed by atoms with Crippen LogP contribution in [0.5, 0.6) is 0 Å². The molecule has 0 aliphatic heterocycles. The van der Waals surface area contributed by atoms with Crippen molar-refractivity contribution in [2.24, 2.45) is 0 Å². The maximum absolute atomic E-state index is 13.0. The van der Waals surface area contributed by atoms with Crippen molar-refractivity contribution in [2.75, 3.05) is 0 Å². The second-order valence-corrected chi connectivity index (χ2v) is 4.04. The summed E-state index contributed by atoms with van der Waals surface area (Å²) < 4.78 is 49.3. The molecule has 92 valence electrons. The van der Waals surface area contributed by atoms with E-state index in [0.717, 1.165) is 6.07 Å². The van der Waals surface area contributed by atoms with Crippen molar-refractivity contribution in [3.8, 4) is 0 Å². The van der Waals surface area contributed by atoms with E-state index >= 15 is 0 Å². The van der Waals surface area contributed by atoms with Gasteiger partial charge in [0.15, 0.2) is 0 Å². The molecule has 1 aromatic rings. The molecule has 1 aliphatic carbocycles. The van der Waals surface area contributed by atoms with Crippen LogP contribution in [0.2, 0.25) is 0 Å². The van der Waals surface area contributed by atoms with Gasteiger partial charge in [-0.25, -0.2) is 4.39 Å². The first-order valence-corrected chi connectivity index (χ1v) is 4.99. The average molecular weight is 247 g/mol. The molecule has 2 rings (SSSR count). The summed E-state index contributed by atoms with van der Waals surface area (Å²) in [6.45, 7) is 0. The molecule has 1 N–H and O–H groups in total. The van der Waals surface area contributed by atoms with Crippen LogP contribution in [0.15, 0.2) is 24.3 Å². The van der Waals surface area contributed by atoms with Gasteiger partial charge in [0.1, 0.15) is 5.82 Å². The van der Waals surface area contributed by atoms with E-state index in [4.69, 9.17) is 0 Å². The van der Waals surface area contributed by atoms with E-state index in [1.807, 2.05) is 5.32 Å². The lowest BCUT2D eigenvalue weighted by molar-refractivity contribution is -0.174. The zero-order valence-electron chi connectivity index (χ0n) is 8.64. The molecule has 0 saturated heterocycles. The minimum absolute atomic E-state index is 0.370. The third kappa shape index (κ3) is 2.40. The molecule has 1 aliphatic rings. The molecule has 6 heteroatoms. The smallest absolute Gasteiger partial charge is 0.339 e. The molecule has 0 heterocycles. The number of carbonyl (C=O) groups excluding carboxylic acids is 1. The number of nitrogens with one attached hydrogen (secondary N) is 1. The Labute approximate surface area is 94.6 Å². The molecule has 17 heavy (non-hydrogen) atoms. The van der Waals surface area contributed by atoms with E-state index in [-0.39, 0.29) is 0 Å². The minimum atomic E-state index is -4.91. The summed E-state index contributed by atoms with van der Waals surface area (Å²) in [7, 11) is 0. The molecule has 0 radical (unpaired) electrons. The Morgan fingerprint density at radius 2 is 1.94 bits per heavy atom. The van der Waals surface area contributed by atoms with E-state index in [2.05, 4.69) is 0 Å². The molecule has 1 saturated carbocycles. The Bertz CT molecular complexity index is 451. The predicted octanol–water partition coefficient (Wildman–Crippen LogP) is 2.49. The first kappa shape index (κ1) is 11.9. The van der Waals surface area contributed by atoms with Crippen LogP contribution in [0.1, 0.15) is 18.4 Å². The number of hydrogen-bond acceptors (Lipinski definition) is 1. The number of rotatable bonds is 2. The van der Waals surface area contributed by atoms with Gasteiger partial charge >= 0.3 is 12.1 Å². The van der Waals surface area contributed by atoms with Gasteiger partial charge in [-0.15, -0.1) is 0 Å². The van der Waals surface area contributed by atoms with Crippen LogP contribution < -0.4 is 5.32 Å². The molecule has 1 aromatic carbocycles. The molecule has 0 atom stereocenters. The summed E-state index contributed by atoms with van der Waals surface area (Å²) in [5.41, 5.74) is -0.676. The van der Waals surface area contributed by atoms with Gasteiger partial charge in [-0.2, -0.15) is 13.2 Å². The van der Waals surface area contributed by atoms with Crippen molar-refractivity contribution in [2.45, 2.75) is 24.6 Å². The largest absolute Gasteiger partial charge is 0.471 e. The summed E-state index contributed by atoms with van der Waals surface area (Å²) in [6, 6.07) is 5.26. The fourth-order valence-corrected chi connectivity index (χ4v) is 1.69. The molecule has 1 amide bonds. The highest BCUT2D eigenvalue weighted by molar-refractivity contribution is 5.83. The van der Waals surface area contributed by atoms with Crippen molar-refractivity contribution in [1.29, 1.82) is 0 Å². The molecular weight excluding hydrogens is 238 g/mol. The normalized spacial score (nSPS) is 17.6. The van der Waals surface area contributed by atoms with Crippen molar-refractivity contribution in [1.82, 2.24) is 5.32 Å². The van der Waals surface area contributed by atoms with Crippen LogP contribution in [0, 0.1) is 5.82 Å². The lowest BCUT2D eigenvalue weighted by Gasteiger charge is -2.18. The first-order chi connectivity index (χ1) is 7.83. The topological polar surface area (TPSA) is 29.1 Å². The number of carbonyl (C=O) groups is 1. The van der Waals surface area contributed by atoms with Crippen LogP contribution in [0.3, 0.4) is 0 Å². The van der Waals surface area contributed by atoms with Gasteiger partial charge in [-0.05, 0) is 30.5 Å². The van der Waals surface area contributed by atoms with Crippen LogP contribution in [-0.2, 0) is 10.3 Å². The Morgan fingerprint density at radius 3 is 2.41 bits per heavy atom. The number of amides is 1. The van der Waals surface area contributed by atoms with E-state index in [0.29, 0.717) is 18.4 Å². The highest BCUT2D eigenvalue weighted by Crippen LogP contribution is 2.46. The van der Waals surface area contributed by atoms with Crippen LogP contribution >= 0.6 is 0 Å². The maximum atomic E-state index is 13.0. The molecule has 0 spiro atoms. The molecule has 1 fully saturated rings. The van der Waals surface area contributed by atoms with Crippen molar-refractivity contribution >= 4 is 5.91 Å². The molecule has 0 unspecified atom stereocenters. The molecule has 0 bridgehead atoms. The summed E-state index contributed by atoms with van der Waals surface area (Å²) in [5.74, 6) is -2.52. The molecule has 0 aromatic heterocycles. The summed E-state index contributed by atoms with van der Waals surface area (Å²) in [4.78, 5) is 10.8. The van der Waals surface area contributed by atoms with Gasteiger partial charge in [0, 0.05) is 0 Å². The van der Waals surface area contributed by atoms with Crippen molar-refractivity contribution in [3.63, 3.8) is 0 Å². The summed E-state index contributed by atoms with van der Waals surface area (Å²) in [6.07, 6.45) is -4.14. The van der Waals surface area contributed by atoms with E-state index in [9.17, 15) is 22.4 Å². The molecular formula is C11H9F4NO. The lowest BCUT2D eigenvalue weighted by atomic mass is 10.0. The Hall–Kier alpha value is -1.59. The van der Waals surface area contributed by atoms with Gasteiger partial charge in [0.05, 0.1) is 5.54 Å². The fraction of sp³-hybridized carbons (Fsp3) is 0.364. The second kappa shape index (κ2) is 3.72. The van der Waals surface area contributed by atoms with Crippen molar-refractivity contribution < 1.29 is 22.4 Å². The number of hydrogen-bond donors (Lipinski definition) is 1. The summed E-state index contributed by atoms with van der Waals surface area (Å²) in [5, 5.41) is 1.92. The Morgan fingerprint density at radius 1 is 1.29 bits per heavy atom. The second-order valence-electron chi connectivity index (χ2n) is 4.04. The third-order valence-corrected chi connectivity index (χ3v) is 2.74. The quantitative estimate of drug-likeness (QED) is 0.799. The van der Waals surface area contributed by atoms with Crippen molar-refractivity contribution in [3.05, 3.63) is 35.6 Å². The Kier molecular flexibility index (Phi) is 2.60.